The summed E-state index contributed by atoms with van der Waals surface area (Å²) in [6.07, 6.45) is 4.28. The van der Waals surface area contributed by atoms with E-state index in [0.717, 1.165) is 26.5 Å². The molecule has 0 radical (unpaired) electrons. The number of aliphatic hydroxyl groups is 1. The van der Waals surface area contributed by atoms with Crippen molar-refractivity contribution in [1.82, 2.24) is 0 Å². The molecule has 0 saturated carbocycles. The minimum atomic E-state index is -0.573. The molecule has 1 unspecified atom stereocenters. The number of hydrogen-bond donors (Lipinski definition) is 1. The van der Waals surface area contributed by atoms with Gasteiger partial charge in [0.1, 0.15) is 6.10 Å². The highest BCUT2D eigenvalue weighted by molar-refractivity contribution is 9.11. The van der Waals surface area contributed by atoms with E-state index < -0.39 is 6.10 Å². The Hall–Kier alpha value is -0.640. The maximum absolute atomic E-state index is 10.6. The van der Waals surface area contributed by atoms with E-state index in [1.165, 1.54) is 30.4 Å². The number of benzene rings is 2. The largest absolute Gasteiger partial charge is 0.384 e. The van der Waals surface area contributed by atoms with Crippen LogP contribution in [0.5, 0.6) is 0 Å². The van der Waals surface area contributed by atoms with Crippen LogP contribution in [0.3, 0.4) is 0 Å². The molecule has 1 aliphatic rings. The lowest BCUT2D eigenvalue weighted by molar-refractivity contribution is 0.220. The molecule has 20 heavy (non-hydrogen) atoms. The maximum atomic E-state index is 10.6. The zero-order valence-electron chi connectivity index (χ0n) is 11.1. The molecule has 0 spiro atoms. The first kappa shape index (κ1) is 14.3. The van der Waals surface area contributed by atoms with Gasteiger partial charge in [-0.1, -0.05) is 50.1 Å². The third kappa shape index (κ3) is 3.00. The average molecular weight is 396 g/mol. The molecule has 0 bridgehead atoms. The Bertz CT molecular complexity index is 617. The summed E-state index contributed by atoms with van der Waals surface area (Å²) < 4.78 is 1.94. The fourth-order valence-electron chi connectivity index (χ4n) is 2.85. The molecule has 104 valence electrons. The fraction of sp³-hybridized carbons (Fsp3) is 0.294. The zero-order chi connectivity index (χ0) is 14.1. The molecule has 3 rings (SSSR count). The monoisotopic (exact) mass is 394 g/mol. The minimum Gasteiger partial charge on any atom is -0.384 e. The van der Waals surface area contributed by atoms with E-state index in [0.29, 0.717) is 0 Å². The average Bonchev–Trinajstić information content (AvgIpc) is 2.45. The lowest BCUT2D eigenvalue weighted by atomic mass is 9.88. The molecule has 1 nitrogen and oxygen atoms in total. The predicted octanol–water partition coefficient (Wildman–Crippen LogP) is 5.17. The van der Waals surface area contributed by atoms with Crippen LogP contribution in [-0.2, 0) is 12.8 Å². The van der Waals surface area contributed by atoms with Gasteiger partial charge >= 0.3 is 0 Å². The second-order valence-electron chi connectivity index (χ2n) is 5.34. The Morgan fingerprint density at radius 3 is 2.15 bits per heavy atom. The van der Waals surface area contributed by atoms with Gasteiger partial charge in [0, 0.05) is 8.95 Å². The van der Waals surface area contributed by atoms with Gasteiger partial charge in [0.15, 0.2) is 0 Å². The van der Waals surface area contributed by atoms with E-state index in [-0.39, 0.29) is 0 Å². The van der Waals surface area contributed by atoms with Crippen molar-refractivity contribution < 1.29 is 5.11 Å². The summed E-state index contributed by atoms with van der Waals surface area (Å²) >= 11 is 6.95. The van der Waals surface area contributed by atoms with Crippen LogP contribution in [-0.4, -0.2) is 5.11 Å². The molecule has 1 N–H and O–H groups in total. The molecule has 3 heteroatoms. The van der Waals surface area contributed by atoms with Gasteiger partial charge in [-0.25, -0.2) is 0 Å². The molecule has 0 aliphatic heterocycles. The van der Waals surface area contributed by atoms with Crippen LogP contribution in [0, 0.1) is 0 Å². The highest BCUT2D eigenvalue weighted by atomic mass is 79.9. The first-order chi connectivity index (χ1) is 9.63. The fourth-order valence-corrected chi connectivity index (χ4v) is 4.18. The van der Waals surface area contributed by atoms with Crippen molar-refractivity contribution in [2.24, 2.45) is 0 Å². The van der Waals surface area contributed by atoms with Gasteiger partial charge in [-0.2, -0.15) is 0 Å². The smallest absolute Gasteiger partial charge is 0.104 e. The van der Waals surface area contributed by atoms with Gasteiger partial charge in [0.2, 0.25) is 0 Å². The predicted molar refractivity (Wildman–Crippen MR) is 89.0 cm³/mol. The highest BCUT2D eigenvalue weighted by Gasteiger charge is 2.15. The maximum Gasteiger partial charge on any atom is 0.104 e. The summed E-state index contributed by atoms with van der Waals surface area (Å²) in [6, 6.07) is 12.3. The Kier molecular flexibility index (Phi) is 4.29. The lowest BCUT2D eigenvalue weighted by Crippen LogP contribution is -2.06. The van der Waals surface area contributed by atoms with E-state index in [1.54, 1.807) is 0 Å². The molecule has 0 aromatic heterocycles. The van der Waals surface area contributed by atoms with E-state index in [2.05, 4.69) is 50.1 Å². The summed E-state index contributed by atoms with van der Waals surface area (Å²) in [5, 5.41) is 10.6. The standard InChI is InChI=1S/C17H16Br2O/c18-15-8-14(9-16(19)10-15)17(20)13-6-5-11-3-1-2-4-12(11)7-13/h5-10,17,20H,1-4H2. The van der Waals surface area contributed by atoms with Gasteiger partial charge < -0.3 is 5.11 Å². The zero-order valence-corrected chi connectivity index (χ0v) is 14.2. The normalized spacial score (nSPS) is 15.8. The molecule has 1 atom stereocenters. The molecule has 2 aromatic rings. The van der Waals surface area contributed by atoms with Gasteiger partial charge in [-0.15, -0.1) is 0 Å². The van der Waals surface area contributed by atoms with Crippen molar-refractivity contribution in [3.8, 4) is 0 Å². The van der Waals surface area contributed by atoms with Crippen molar-refractivity contribution in [3.63, 3.8) is 0 Å². The molecule has 0 saturated heterocycles. The SMILES string of the molecule is OC(c1cc(Br)cc(Br)c1)c1ccc2c(c1)CCCC2. The molecular formula is C17H16Br2O. The molecule has 1 aliphatic carbocycles. The molecule has 0 fully saturated rings. The van der Waals surface area contributed by atoms with Crippen LogP contribution in [0.25, 0.3) is 0 Å². The van der Waals surface area contributed by atoms with Crippen LogP contribution in [0.15, 0.2) is 45.3 Å². The second kappa shape index (κ2) is 6.00. The topological polar surface area (TPSA) is 20.2 Å². The van der Waals surface area contributed by atoms with E-state index in [4.69, 9.17) is 0 Å². The summed E-state index contributed by atoms with van der Waals surface area (Å²) in [5.41, 5.74) is 4.74. The number of aliphatic hydroxyl groups excluding tert-OH is 1. The quantitative estimate of drug-likeness (QED) is 0.743. The van der Waals surface area contributed by atoms with Gasteiger partial charge in [-0.05, 0) is 66.1 Å². The number of halogens is 2. The first-order valence-corrected chi connectivity index (χ1v) is 8.48. The van der Waals surface area contributed by atoms with Gasteiger partial charge in [0.25, 0.3) is 0 Å². The number of hydrogen-bond acceptors (Lipinski definition) is 1. The van der Waals surface area contributed by atoms with Crippen LogP contribution < -0.4 is 0 Å². The second-order valence-corrected chi connectivity index (χ2v) is 7.17. The van der Waals surface area contributed by atoms with Crippen LogP contribution >= 0.6 is 31.9 Å². The summed E-state index contributed by atoms with van der Waals surface area (Å²) in [7, 11) is 0. The third-order valence-corrected chi connectivity index (χ3v) is 4.80. The highest BCUT2D eigenvalue weighted by Crippen LogP contribution is 2.30. The molecule has 0 amide bonds. The molecular weight excluding hydrogens is 380 g/mol. The van der Waals surface area contributed by atoms with Crippen LogP contribution in [0.2, 0.25) is 0 Å². The Labute approximate surface area is 136 Å². The Balaban J connectivity index is 1.95. The number of rotatable bonds is 2. The van der Waals surface area contributed by atoms with Crippen molar-refractivity contribution in [3.05, 3.63) is 67.6 Å². The van der Waals surface area contributed by atoms with Crippen LogP contribution in [0.1, 0.15) is 41.2 Å². The van der Waals surface area contributed by atoms with E-state index in [1.807, 2.05) is 18.2 Å². The molecule has 2 aromatic carbocycles. The summed E-state index contributed by atoms with van der Waals surface area (Å²) in [6.45, 7) is 0. The Morgan fingerprint density at radius 1 is 0.800 bits per heavy atom. The van der Waals surface area contributed by atoms with Crippen molar-refractivity contribution >= 4 is 31.9 Å². The number of aryl methyl sites for hydroxylation is 2. The first-order valence-electron chi connectivity index (χ1n) is 6.89. The Morgan fingerprint density at radius 2 is 1.45 bits per heavy atom. The molecule has 0 heterocycles. The minimum absolute atomic E-state index is 0.573. The van der Waals surface area contributed by atoms with Crippen molar-refractivity contribution in [2.45, 2.75) is 31.8 Å². The van der Waals surface area contributed by atoms with E-state index >= 15 is 0 Å². The number of fused-ring (bicyclic) bond motifs is 1. The van der Waals surface area contributed by atoms with Gasteiger partial charge in [-0.3, -0.25) is 0 Å². The van der Waals surface area contributed by atoms with Crippen LogP contribution in [0.4, 0.5) is 0 Å². The lowest BCUT2D eigenvalue weighted by Gasteiger charge is -2.19. The van der Waals surface area contributed by atoms with Crippen molar-refractivity contribution in [2.75, 3.05) is 0 Å². The van der Waals surface area contributed by atoms with Crippen molar-refractivity contribution in [1.29, 1.82) is 0 Å². The third-order valence-electron chi connectivity index (χ3n) is 3.89. The summed E-state index contributed by atoms with van der Waals surface area (Å²) in [5.74, 6) is 0. The van der Waals surface area contributed by atoms with E-state index in [9.17, 15) is 5.11 Å². The van der Waals surface area contributed by atoms with Gasteiger partial charge in [0.05, 0.1) is 0 Å². The summed E-state index contributed by atoms with van der Waals surface area (Å²) in [4.78, 5) is 0.